The molecule has 2 N–H and O–H groups in total. The predicted molar refractivity (Wildman–Crippen MR) is 75.4 cm³/mol. The summed E-state index contributed by atoms with van der Waals surface area (Å²) in [7, 11) is 0. The quantitative estimate of drug-likeness (QED) is 0.852. The normalized spacial score (nSPS) is 12.2. The summed E-state index contributed by atoms with van der Waals surface area (Å²) < 4.78 is 15.4. The third kappa shape index (κ3) is 2.93. The molecule has 1 amide bonds. The zero-order valence-electron chi connectivity index (χ0n) is 11.2. The van der Waals surface area contributed by atoms with Crippen molar-refractivity contribution < 1.29 is 9.18 Å². The highest BCUT2D eigenvalue weighted by atomic mass is 32.1. The van der Waals surface area contributed by atoms with Crippen LogP contribution in [0.5, 0.6) is 0 Å². The second kappa shape index (κ2) is 5.96. The number of nitrogens with one attached hydrogen (secondary N) is 2. The van der Waals surface area contributed by atoms with E-state index in [1.165, 1.54) is 18.2 Å². The van der Waals surface area contributed by atoms with Crippen LogP contribution in [0.4, 0.5) is 4.39 Å². The highest BCUT2D eigenvalue weighted by molar-refractivity contribution is 7.71. The van der Waals surface area contributed by atoms with E-state index in [1.807, 2.05) is 6.92 Å². The highest BCUT2D eigenvalue weighted by Crippen LogP contribution is 2.12. The van der Waals surface area contributed by atoms with Crippen molar-refractivity contribution in [2.24, 2.45) is 0 Å². The summed E-state index contributed by atoms with van der Waals surface area (Å²) in [6.45, 7) is 4.40. The zero-order valence-corrected chi connectivity index (χ0v) is 12.0. The van der Waals surface area contributed by atoms with Crippen molar-refractivity contribution in [1.29, 1.82) is 0 Å². The van der Waals surface area contributed by atoms with Crippen molar-refractivity contribution >= 4 is 18.1 Å². The maximum atomic E-state index is 13.1. The van der Waals surface area contributed by atoms with Crippen molar-refractivity contribution in [2.45, 2.75) is 26.4 Å². The summed E-state index contributed by atoms with van der Waals surface area (Å²) in [5.41, 5.74) is 0.272. The molecular weight excluding hydrogens is 279 g/mol. The van der Waals surface area contributed by atoms with E-state index in [9.17, 15) is 9.18 Å². The maximum Gasteiger partial charge on any atom is 0.251 e. The number of hydrogen-bond acceptors (Lipinski definition) is 3. The molecular formula is C13H15FN4OS. The molecule has 0 aliphatic heterocycles. The predicted octanol–water partition coefficient (Wildman–Crippen LogP) is 2.59. The molecule has 0 fully saturated rings. The number of rotatable bonds is 4. The van der Waals surface area contributed by atoms with Crippen molar-refractivity contribution in [3.8, 4) is 0 Å². The molecule has 5 nitrogen and oxygen atoms in total. The van der Waals surface area contributed by atoms with E-state index in [4.69, 9.17) is 12.2 Å². The van der Waals surface area contributed by atoms with Crippen molar-refractivity contribution in [2.75, 3.05) is 0 Å². The molecule has 1 atom stereocenters. The average Bonchev–Trinajstić information content (AvgIpc) is 2.79. The molecule has 0 radical (unpaired) electrons. The smallest absolute Gasteiger partial charge is 0.251 e. The number of benzene rings is 1. The monoisotopic (exact) mass is 294 g/mol. The van der Waals surface area contributed by atoms with Gasteiger partial charge in [-0.15, -0.1) is 0 Å². The van der Waals surface area contributed by atoms with E-state index in [2.05, 4.69) is 15.5 Å². The second-order valence-corrected chi connectivity index (χ2v) is 4.72. The van der Waals surface area contributed by atoms with E-state index >= 15 is 0 Å². The molecule has 2 aromatic rings. The van der Waals surface area contributed by atoms with Gasteiger partial charge in [0.25, 0.3) is 5.91 Å². The molecule has 1 aromatic carbocycles. The minimum absolute atomic E-state index is 0.272. The van der Waals surface area contributed by atoms with Crippen LogP contribution in [-0.4, -0.2) is 20.7 Å². The molecule has 20 heavy (non-hydrogen) atoms. The lowest BCUT2D eigenvalue weighted by atomic mass is 10.2. The van der Waals surface area contributed by atoms with E-state index in [1.54, 1.807) is 17.6 Å². The topological polar surface area (TPSA) is 62.7 Å². The van der Waals surface area contributed by atoms with Gasteiger partial charge in [-0.1, -0.05) is 6.07 Å². The van der Waals surface area contributed by atoms with E-state index in [-0.39, 0.29) is 17.5 Å². The number of H-pyrrole nitrogens is 1. The van der Waals surface area contributed by atoms with Gasteiger partial charge < -0.3 is 9.88 Å². The van der Waals surface area contributed by atoms with E-state index in [0.717, 1.165) is 0 Å². The minimum Gasteiger partial charge on any atom is -0.342 e. The maximum absolute atomic E-state index is 13.1. The fourth-order valence-corrected chi connectivity index (χ4v) is 2.21. The largest absolute Gasteiger partial charge is 0.342 e. The first-order valence-electron chi connectivity index (χ1n) is 6.24. The Morgan fingerprint density at radius 3 is 3.00 bits per heavy atom. The first-order chi connectivity index (χ1) is 9.52. The number of carbonyl (C=O) groups is 1. The molecule has 0 saturated carbocycles. The molecule has 0 spiro atoms. The van der Waals surface area contributed by atoms with Crippen LogP contribution in [0.1, 0.15) is 36.1 Å². The van der Waals surface area contributed by atoms with Crippen LogP contribution < -0.4 is 5.32 Å². The summed E-state index contributed by atoms with van der Waals surface area (Å²) in [4.78, 5) is 12.0. The molecule has 0 bridgehead atoms. The minimum atomic E-state index is -0.443. The molecule has 1 heterocycles. The Balaban J connectivity index is 2.17. The van der Waals surface area contributed by atoms with Crippen LogP contribution in [0.25, 0.3) is 0 Å². The molecule has 0 aliphatic carbocycles. The standard InChI is InChI=1S/C13H15FN4OS/c1-3-18-11(16-17-13(18)20)8(2)15-12(19)9-5-4-6-10(14)7-9/h4-8H,3H2,1-2H3,(H,15,19)(H,17,20)/t8-/m0/s1. The Morgan fingerprint density at radius 1 is 1.60 bits per heavy atom. The van der Waals surface area contributed by atoms with Gasteiger partial charge in [0.05, 0.1) is 6.04 Å². The number of halogens is 1. The molecule has 2 rings (SSSR count). The lowest BCUT2D eigenvalue weighted by Crippen LogP contribution is -2.28. The van der Waals surface area contributed by atoms with Crippen LogP contribution in [0, 0.1) is 10.6 Å². The summed E-state index contributed by atoms with van der Waals surface area (Å²) in [5.74, 6) is -0.155. The van der Waals surface area contributed by atoms with Gasteiger partial charge in [0, 0.05) is 12.1 Å². The summed E-state index contributed by atoms with van der Waals surface area (Å²) >= 11 is 5.10. The van der Waals surface area contributed by atoms with Crippen LogP contribution >= 0.6 is 12.2 Å². The Kier molecular flexibility index (Phi) is 4.29. The number of amides is 1. The zero-order chi connectivity index (χ0) is 14.7. The van der Waals surface area contributed by atoms with Crippen molar-refractivity contribution in [3.63, 3.8) is 0 Å². The number of hydrogen-bond donors (Lipinski definition) is 2. The van der Waals surface area contributed by atoms with Gasteiger partial charge in [-0.05, 0) is 44.3 Å². The summed E-state index contributed by atoms with van der Waals surface area (Å²) in [5, 5.41) is 9.58. The molecule has 7 heteroatoms. The van der Waals surface area contributed by atoms with Crippen molar-refractivity contribution in [1.82, 2.24) is 20.1 Å². The fourth-order valence-electron chi connectivity index (χ4n) is 1.94. The first-order valence-corrected chi connectivity index (χ1v) is 6.65. The lowest BCUT2D eigenvalue weighted by Gasteiger charge is -2.14. The number of aromatic nitrogens is 3. The second-order valence-electron chi connectivity index (χ2n) is 4.34. The highest BCUT2D eigenvalue weighted by Gasteiger charge is 2.16. The van der Waals surface area contributed by atoms with Crippen molar-refractivity contribution in [3.05, 3.63) is 46.2 Å². The van der Waals surface area contributed by atoms with Gasteiger partial charge in [-0.2, -0.15) is 5.10 Å². The Bertz CT molecular complexity index is 679. The summed E-state index contributed by atoms with van der Waals surface area (Å²) in [6.07, 6.45) is 0. The lowest BCUT2D eigenvalue weighted by molar-refractivity contribution is 0.0937. The van der Waals surface area contributed by atoms with Crippen LogP contribution in [0.2, 0.25) is 0 Å². The van der Waals surface area contributed by atoms with Gasteiger partial charge in [-0.25, -0.2) is 4.39 Å². The van der Waals surface area contributed by atoms with Gasteiger partial charge >= 0.3 is 0 Å². The van der Waals surface area contributed by atoms with Crippen LogP contribution in [0.15, 0.2) is 24.3 Å². The van der Waals surface area contributed by atoms with Crippen LogP contribution in [0.3, 0.4) is 0 Å². The third-order valence-electron chi connectivity index (χ3n) is 2.93. The Labute approximate surface area is 120 Å². The Morgan fingerprint density at radius 2 is 2.35 bits per heavy atom. The third-order valence-corrected chi connectivity index (χ3v) is 3.24. The molecule has 0 saturated heterocycles. The van der Waals surface area contributed by atoms with Gasteiger partial charge in [0.15, 0.2) is 10.6 Å². The molecule has 106 valence electrons. The van der Waals surface area contributed by atoms with Gasteiger partial charge in [0.1, 0.15) is 5.82 Å². The number of aromatic amines is 1. The van der Waals surface area contributed by atoms with E-state index < -0.39 is 5.82 Å². The number of nitrogens with zero attached hydrogens (tertiary/aromatic N) is 2. The fraction of sp³-hybridized carbons (Fsp3) is 0.308. The van der Waals surface area contributed by atoms with Gasteiger partial charge in [-0.3, -0.25) is 9.89 Å². The SMILES string of the molecule is CCn1c([C@H](C)NC(=O)c2cccc(F)c2)n[nH]c1=S. The molecule has 0 unspecified atom stereocenters. The Hall–Kier alpha value is -2.02. The first kappa shape index (κ1) is 14.4. The summed E-state index contributed by atoms with van der Waals surface area (Å²) in [6, 6.07) is 5.21. The molecule has 0 aliphatic rings. The molecule has 1 aromatic heterocycles. The van der Waals surface area contributed by atoms with Crippen LogP contribution in [-0.2, 0) is 6.54 Å². The van der Waals surface area contributed by atoms with E-state index in [0.29, 0.717) is 17.1 Å². The van der Waals surface area contributed by atoms with Gasteiger partial charge in [0.2, 0.25) is 0 Å². The number of carbonyl (C=O) groups excluding carboxylic acids is 1. The average molecular weight is 294 g/mol.